The minimum absolute atomic E-state index is 0.0787. The first-order valence-electron chi connectivity index (χ1n) is 8.90. The Bertz CT molecular complexity index is 820. The second kappa shape index (κ2) is 8.79. The van der Waals surface area contributed by atoms with Crippen molar-refractivity contribution in [1.29, 1.82) is 0 Å². The molecule has 27 heavy (non-hydrogen) atoms. The molecule has 1 aliphatic rings. The number of para-hydroxylation sites is 1. The number of halogens is 1. The summed E-state index contributed by atoms with van der Waals surface area (Å²) >= 11 is 0. The number of aliphatic hydroxyl groups excluding tert-OH is 1. The number of amides is 1. The number of ether oxygens (including phenoxy) is 1. The van der Waals surface area contributed by atoms with Gasteiger partial charge in [0.1, 0.15) is 24.3 Å². The fourth-order valence-corrected chi connectivity index (χ4v) is 3.14. The number of rotatable bonds is 7. The molecule has 0 aliphatic carbocycles. The van der Waals surface area contributed by atoms with Crippen molar-refractivity contribution in [1.82, 2.24) is 4.90 Å². The van der Waals surface area contributed by atoms with Crippen LogP contribution in [-0.2, 0) is 0 Å². The number of nitrogens with two attached hydrogens (primary N) is 1. The number of nitrogens with zero attached hydrogens (tertiary/aromatic N) is 1. The van der Waals surface area contributed by atoms with Gasteiger partial charge in [0.15, 0.2) is 0 Å². The molecule has 0 saturated carbocycles. The van der Waals surface area contributed by atoms with Crippen LogP contribution in [-0.4, -0.2) is 48.3 Å². The van der Waals surface area contributed by atoms with Gasteiger partial charge >= 0.3 is 0 Å². The summed E-state index contributed by atoms with van der Waals surface area (Å²) in [4.78, 5) is 13.5. The molecule has 5 nitrogen and oxygen atoms in total. The standard InChI is InChI=1S/C21H23FN2O3/c22-17-7-5-15(6-8-17)16-9-11-24(12-10-16)13-18(25)14-27-20-4-2-1-3-19(20)21(23)26/h1-9,18,25H,10-14H2,(H2,23,26). The quantitative estimate of drug-likeness (QED) is 0.785. The third kappa shape index (κ3) is 5.15. The molecule has 1 aliphatic heterocycles. The number of β-amino-alcohol motifs (C(OH)–C–C–N with tert-alkyl or cyclic N) is 1. The van der Waals surface area contributed by atoms with E-state index in [1.165, 1.54) is 17.7 Å². The van der Waals surface area contributed by atoms with E-state index in [9.17, 15) is 14.3 Å². The van der Waals surface area contributed by atoms with Crippen LogP contribution in [0.25, 0.3) is 5.57 Å². The third-order valence-corrected chi connectivity index (χ3v) is 4.56. The van der Waals surface area contributed by atoms with Crippen molar-refractivity contribution in [3.05, 3.63) is 71.6 Å². The van der Waals surface area contributed by atoms with E-state index in [0.29, 0.717) is 24.4 Å². The summed E-state index contributed by atoms with van der Waals surface area (Å²) in [5.41, 5.74) is 7.84. The molecular weight excluding hydrogens is 347 g/mol. The number of aliphatic hydroxyl groups is 1. The maximum Gasteiger partial charge on any atom is 0.252 e. The van der Waals surface area contributed by atoms with E-state index < -0.39 is 12.0 Å². The monoisotopic (exact) mass is 370 g/mol. The third-order valence-electron chi connectivity index (χ3n) is 4.56. The van der Waals surface area contributed by atoms with Gasteiger partial charge in [-0.15, -0.1) is 0 Å². The lowest BCUT2D eigenvalue weighted by Crippen LogP contribution is -2.38. The van der Waals surface area contributed by atoms with Gasteiger partial charge in [-0.3, -0.25) is 9.69 Å². The van der Waals surface area contributed by atoms with Crippen molar-refractivity contribution >= 4 is 11.5 Å². The topological polar surface area (TPSA) is 75.8 Å². The van der Waals surface area contributed by atoms with Gasteiger partial charge < -0.3 is 15.6 Å². The number of benzene rings is 2. The van der Waals surface area contributed by atoms with Crippen molar-refractivity contribution in [3.63, 3.8) is 0 Å². The molecule has 0 aromatic heterocycles. The number of primary amides is 1. The zero-order chi connectivity index (χ0) is 19.2. The Morgan fingerprint density at radius 1 is 1.22 bits per heavy atom. The summed E-state index contributed by atoms with van der Waals surface area (Å²) in [6, 6.07) is 13.2. The van der Waals surface area contributed by atoms with E-state index in [1.54, 1.807) is 36.4 Å². The molecule has 1 heterocycles. The zero-order valence-electron chi connectivity index (χ0n) is 15.0. The predicted molar refractivity (Wildman–Crippen MR) is 102 cm³/mol. The number of carbonyl (C=O) groups is 1. The van der Waals surface area contributed by atoms with Crippen LogP contribution in [0.5, 0.6) is 5.75 Å². The molecule has 3 rings (SSSR count). The van der Waals surface area contributed by atoms with Crippen LogP contribution in [0.4, 0.5) is 4.39 Å². The highest BCUT2D eigenvalue weighted by Crippen LogP contribution is 2.23. The summed E-state index contributed by atoms with van der Waals surface area (Å²) < 4.78 is 18.6. The highest BCUT2D eigenvalue weighted by atomic mass is 19.1. The number of hydrogen-bond donors (Lipinski definition) is 2. The second-order valence-electron chi connectivity index (χ2n) is 6.57. The van der Waals surface area contributed by atoms with Crippen LogP contribution in [0, 0.1) is 5.82 Å². The summed E-state index contributed by atoms with van der Waals surface area (Å²) in [7, 11) is 0. The van der Waals surface area contributed by atoms with Gasteiger partial charge in [-0.2, -0.15) is 0 Å². The van der Waals surface area contributed by atoms with Crippen LogP contribution >= 0.6 is 0 Å². The zero-order valence-corrected chi connectivity index (χ0v) is 15.0. The van der Waals surface area contributed by atoms with Crippen LogP contribution in [0.2, 0.25) is 0 Å². The van der Waals surface area contributed by atoms with E-state index in [4.69, 9.17) is 10.5 Å². The average Bonchev–Trinajstić information content (AvgIpc) is 2.68. The number of hydrogen-bond acceptors (Lipinski definition) is 4. The molecule has 1 amide bonds. The Kier molecular flexibility index (Phi) is 6.21. The van der Waals surface area contributed by atoms with Crippen LogP contribution in [0.3, 0.4) is 0 Å². The van der Waals surface area contributed by atoms with E-state index in [1.807, 2.05) is 0 Å². The predicted octanol–water partition coefficient (Wildman–Crippen LogP) is 2.45. The molecule has 1 unspecified atom stereocenters. The summed E-state index contributed by atoms with van der Waals surface area (Å²) in [6.45, 7) is 2.06. The van der Waals surface area contributed by atoms with E-state index in [2.05, 4.69) is 11.0 Å². The molecule has 1 atom stereocenters. The van der Waals surface area contributed by atoms with Gasteiger partial charge in [0, 0.05) is 19.6 Å². The Balaban J connectivity index is 1.50. The smallest absolute Gasteiger partial charge is 0.252 e. The van der Waals surface area contributed by atoms with Gasteiger partial charge in [0.25, 0.3) is 5.91 Å². The molecule has 0 fully saturated rings. The van der Waals surface area contributed by atoms with Crippen molar-refractivity contribution in [2.75, 3.05) is 26.2 Å². The van der Waals surface area contributed by atoms with Gasteiger partial charge in [0.05, 0.1) is 5.56 Å². The molecule has 0 bridgehead atoms. The van der Waals surface area contributed by atoms with Gasteiger partial charge in [0.2, 0.25) is 0 Å². The molecule has 3 N–H and O–H groups in total. The second-order valence-corrected chi connectivity index (χ2v) is 6.57. The maximum atomic E-state index is 13.0. The molecule has 6 heteroatoms. The molecule has 0 saturated heterocycles. The fraction of sp³-hybridized carbons (Fsp3) is 0.286. The Morgan fingerprint density at radius 3 is 2.63 bits per heavy atom. The van der Waals surface area contributed by atoms with E-state index in [-0.39, 0.29) is 12.4 Å². The minimum atomic E-state index is -0.688. The van der Waals surface area contributed by atoms with Crippen LogP contribution in [0.15, 0.2) is 54.6 Å². The van der Waals surface area contributed by atoms with Crippen LogP contribution < -0.4 is 10.5 Å². The lowest BCUT2D eigenvalue weighted by Gasteiger charge is -2.28. The lowest BCUT2D eigenvalue weighted by atomic mass is 9.99. The molecule has 0 radical (unpaired) electrons. The summed E-state index contributed by atoms with van der Waals surface area (Å²) in [5.74, 6) is -0.423. The normalized spacial score (nSPS) is 15.9. The first kappa shape index (κ1) is 19.1. The highest BCUT2D eigenvalue weighted by Gasteiger charge is 2.17. The number of carbonyl (C=O) groups excluding carboxylic acids is 1. The first-order valence-corrected chi connectivity index (χ1v) is 8.90. The van der Waals surface area contributed by atoms with Crippen molar-refractivity contribution in [2.45, 2.75) is 12.5 Å². The first-order chi connectivity index (χ1) is 13.0. The van der Waals surface area contributed by atoms with Crippen molar-refractivity contribution in [2.24, 2.45) is 5.73 Å². The van der Waals surface area contributed by atoms with E-state index >= 15 is 0 Å². The van der Waals surface area contributed by atoms with E-state index in [0.717, 1.165) is 18.5 Å². The minimum Gasteiger partial charge on any atom is -0.490 e. The largest absolute Gasteiger partial charge is 0.490 e. The van der Waals surface area contributed by atoms with Gasteiger partial charge in [-0.1, -0.05) is 30.3 Å². The molecule has 2 aromatic rings. The van der Waals surface area contributed by atoms with Gasteiger partial charge in [-0.05, 0) is 41.8 Å². The SMILES string of the molecule is NC(=O)c1ccccc1OCC(O)CN1CC=C(c2ccc(F)cc2)CC1. The highest BCUT2D eigenvalue weighted by molar-refractivity contribution is 5.95. The Morgan fingerprint density at radius 2 is 1.96 bits per heavy atom. The molecule has 0 spiro atoms. The molecule has 2 aromatic carbocycles. The fourth-order valence-electron chi connectivity index (χ4n) is 3.14. The molecule has 142 valence electrons. The average molecular weight is 370 g/mol. The lowest BCUT2D eigenvalue weighted by molar-refractivity contribution is 0.0708. The Labute approximate surface area is 157 Å². The van der Waals surface area contributed by atoms with Gasteiger partial charge in [-0.25, -0.2) is 4.39 Å². The maximum absolute atomic E-state index is 13.0. The van der Waals surface area contributed by atoms with Crippen molar-refractivity contribution < 1.29 is 19.0 Å². The van der Waals surface area contributed by atoms with Crippen molar-refractivity contribution in [3.8, 4) is 5.75 Å². The summed E-state index contributed by atoms with van der Waals surface area (Å²) in [5, 5.41) is 10.3. The molecular formula is C21H23FN2O3. The van der Waals surface area contributed by atoms with Crippen LogP contribution in [0.1, 0.15) is 22.3 Å². The Hall–Kier alpha value is -2.70. The summed E-state index contributed by atoms with van der Waals surface area (Å²) in [6.07, 6.45) is 2.25.